The number of ether oxygens (including phenoxy) is 2. The molecule has 0 N–H and O–H groups in total. The van der Waals surface area contributed by atoms with Crippen LogP contribution in [0.5, 0.6) is 0 Å². The van der Waals surface area contributed by atoms with Crippen LogP contribution in [0.3, 0.4) is 0 Å². The summed E-state index contributed by atoms with van der Waals surface area (Å²) in [4.78, 5) is 11.5. The first-order chi connectivity index (χ1) is 11.2. The molecule has 0 aromatic heterocycles. The van der Waals surface area contributed by atoms with Gasteiger partial charge in [0.25, 0.3) is 0 Å². The molecule has 0 saturated heterocycles. The van der Waals surface area contributed by atoms with Crippen molar-refractivity contribution in [1.82, 2.24) is 0 Å². The summed E-state index contributed by atoms with van der Waals surface area (Å²) in [6.45, 7) is 1.48. The topological polar surface area (TPSA) is 35.5 Å². The number of fused-ring (bicyclic) bond motifs is 1. The van der Waals surface area contributed by atoms with E-state index in [0.717, 1.165) is 25.7 Å². The van der Waals surface area contributed by atoms with Gasteiger partial charge in [-0.1, -0.05) is 56.4 Å². The van der Waals surface area contributed by atoms with Crippen molar-refractivity contribution >= 4 is 5.97 Å². The molecule has 0 bridgehead atoms. The molecule has 3 nitrogen and oxygen atoms in total. The molecule has 1 aromatic carbocycles. The monoisotopic (exact) mass is 316 g/mol. The Labute approximate surface area is 139 Å². The zero-order chi connectivity index (χ0) is 16.1. The smallest absolute Gasteiger partial charge is 0.304 e. The van der Waals surface area contributed by atoms with Gasteiger partial charge in [0.2, 0.25) is 6.29 Å². The second-order valence-corrected chi connectivity index (χ2v) is 6.99. The fraction of sp³-hybridized carbons (Fsp3) is 0.650. The van der Waals surface area contributed by atoms with Crippen molar-refractivity contribution in [3.05, 3.63) is 35.4 Å². The summed E-state index contributed by atoms with van der Waals surface area (Å²) in [5, 5.41) is 0. The molecule has 3 heteroatoms. The van der Waals surface area contributed by atoms with Gasteiger partial charge in [0, 0.05) is 13.3 Å². The molecule has 2 atom stereocenters. The Morgan fingerprint density at radius 1 is 1.13 bits per heavy atom. The summed E-state index contributed by atoms with van der Waals surface area (Å²) in [6, 6.07) is 8.51. The number of hydrogen-bond acceptors (Lipinski definition) is 3. The van der Waals surface area contributed by atoms with E-state index in [0.29, 0.717) is 5.92 Å². The zero-order valence-corrected chi connectivity index (χ0v) is 14.1. The summed E-state index contributed by atoms with van der Waals surface area (Å²) in [7, 11) is 0. The number of hydrogen-bond donors (Lipinski definition) is 0. The van der Waals surface area contributed by atoms with Gasteiger partial charge in [-0.15, -0.1) is 0 Å². The Balaban J connectivity index is 1.67. The molecular weight excluding hydrogens is 288 g/mol. The normalized spacial score (nSPS) is 23.1. The van der Waals surface area contributed by atoms with E-state index in [1.165, 1.54) is 50.2 Å². The first-order valence-corrected chi connectivity index (χ1v) is 9.13. The summed E-state index contributed by atoms with van der Waals surface area (Å²) >= 11 is 0. The average Bonchev–Trinajstić information content (AvgIpc) is 2.55. The van der Waals surface area contributed by atoms with E-state index in [-0.39, 0.29) is 12.1 Å². The molecule has 1 saturated carbocycles. The molecule has 23 heavy (non-hydrogen) atoms. The van der Waals surface area contributed by atoms with E-state index in [1.54, 1.807) is 0 Å². The SMILES string of the molecule is CC(=O)OC(CC1CCCCC1)OC1CCCc2ccccc21. The third-order valence-corrected chi connectivity index (χ3v) is 5.18. The summed E-state index contributed by atoms with van der Waals surface area (Å²) in [5.41, 5.74) is 2.66. The van der Waals surface area contributed by atoms with Crippen molar-refractivity contribution in [2.75, 3.05) is 0 Å². The maximum Gasteiger partial charge on any atom is 0.304 e. The second-order valence-electron chi connectivity index (χ2n) is 6.99. The van der Waals surface area contributed by atoms with Crippen LogP contribution in [0.15, 0.2) is 24.3 Å². The van der Waals surface area contributed by atoms with Crippen LogP contribution in [0, 0.1) is 5.92 Å². The fourth-order valence-electron chi connectivity index (χ4n) is 4.05. The lowest BCUT2D eigenvalue weighted by Crippen LogP contribution is -2.27. The van der Waals surface area contributed by atoms with Crippen molar-refractivity contribution in [3.8, 4) is 0 Å². The Kier molecular flexibility index (Phi) is 5.71. The molecular formula is C20H28O3. The van der Waals surface area contributed by atoms with E-state index in [9.17, 15) is 4.79 Å². The molecule has 1 fully saturated rings. The lowest BCUT2D eigenvalue weighted by Gasteiger charge is -2.31. The maximum atomic E-state index is 11.5. The van der Waals surface area contributed by atoms with E-state index in [2.05, 4.69) is 24.3 Å². The molecule has 2 aliphatic carbocycles. The Morgan fingerprint density at radius 2 is 1.91 bits per heavy atom. The summed E-state index contributed by atoms with van der Waals surface area (Å²) in [6.07, 6.45) is 10.2. The molecule has 1 aromatic rings. The Bertz CT molecular complexity index is 519. The largest absolute Gasteiger partial charge is 0.436 e. The number of carbonyl (C=O) groups excluding carboxylic acids is 1. The van der Waals surface area contributed by atoms with Crippen molar-refractivity contribution in [2.24, 2.45) is 5.92 Å². The average molecular weight is 316 g/mol. The van der Waals surface area contributed by atoms with Crippen molar-refractivity contribution in [1.29, 1.82) is 0 Å². The maximum absolute atomic E-state index is 11.5. The van der Waals surface area contributed by atoms with E-state index >= 15 is 0 Å². The van der Waals surface area contributed by atoms with Gasteiger partial charge in [-0.2, -0.15) is 0 Å². The van der Waals surface area contributed by atoms with Crippen LogP contribution in [0.2, 0.25) is 0 Å². The van der Waals surface area contributed by atoms with Crippen LogP contribution in [-0.4, -0.2) is 12.3 Å². The lowest BCUT2D eigenvalue weighted by molar-refractivity contribution is -0.195. The van der Waals surface area contributed by atoms with Crippen LogP contribution in [0.4, 0.5) is 0 Å². The summed E-state index contributed by atoms with van der Waals surface area (Å²) < 4.78 is 11.8. The van der Waals surface area contributed by atoms with Crippen LogP contribution < -0.4 is 0 Å². The van der Waals surface area contributed by atoms with Crippen LogP contribution >= 0.6 is 0 Å². The lowest BCUT2D eigenvalue weighted by atomic mass is 9.86. The minimum atomic E-state index is -0.397. The highest BCUT2D eigenvalue weighted by atomic mass is 16.7. The Morgan fingerprint density at radius 3 is 2.70 bits per heavy atom. The van der Waals surface area contributed by atoms with E-state index < -0.39 is 6.29 Å². The third-order valence-electron chi connectivity index (χ3n) is 5.18. The Hall–Kier alpha value is -1.35. The molecule has 3 rings (SSSR count). The van der Waals surface area contributed by atoms with Gasteiger partial charge in [0.05, 0.1) is 6.10 Å². The minimum Gasteiger partial charge on any atom is -0.436 e. The van der Waals surface area contributed by atoms with Crippen LogP contribution in [0.1, 0.15) is 75.5 Å². The number of carbonyl (C=O) groups is 1. The molecule has 126 valence electrons. The van der Waals surface area contributed by atoms with Crippen LogP contribution in [0.25, 0.3) is 0 Å². The molecule has 0 amide bonds. The van der Waals surface area contributed by atoms with Gasteiger partial charge in [-0.3, -0.25) is 4.79 Å². The van der Waals surface area contributed by atoms with Crippen molar-refractivity contribution < 1.29 is 14.3 Å². The highest BCUT2D eigenvalue weighted by molar-refractivity contribution is 5.66. The highest BCUT2D eigenvalue weighted by Gasteiger charge is 2.27. The van der Waals surface area contributed by atoms with Crippen molar-refractivity contribution in [3.63, 3.8) is 0 Å². The molecule has 2 aliphatic rings. The minimum absolute atomic E-state index is 0.0629. The first kappa shape index (κ1) is 16.5. The highest BCUT2D eigenvalue weighted by Crippen LogP contribution is 2.35. The van der Waals surface area contributed by atoms with Gasteiger partial charge >= 0.3 is 5.97 Å². The number of esters is 1. The third kappa shape index (κ3) is 4.57. The van der Waals surface area contributed by atoms with Gasteiger partial charge in [-0.05, 0) is 36.3 Å². The fourth-order valence-corrected chi connectivity index (χ4v) is 4.05. The van der Waals surface area contributed by atoms with Gasteiger partial charge in [-0.25, -0.2) is 0 Å². The van der Waals surface area contributed by atoms with Gasteiger partial charge < -0.3 is 9.47 Å². The van der Waals surface area contributed by atoms with E-state index in [4.69, 9.17) is 9.47 Å². The van der Waals surface area contributed by atoms with Gasteiger partial charge in [0.1, 0.15) is 0 Å². The second kappa shape index (κ2) is 7.96. The number of aryl methyl sites for hydroxylation is 1. The molecule has 0 radical (unpaired) electrons. The first-order valence-electron chi connectivity index (χ1n) is 9.13. The van der Waals surface area contributed by atoms with E-state index in [1.807, 2.05) is 0 Å². The number of benzene rings is 1. The summed E-state index contributed by atoms with van der Waals surface area (Å²) in [5.74, 6) is 0.391. The quantitative estimate of drug-likeness (QED) is 0.570. The van der Waals surface area contributed by atoms with Crippen molar-refractivity contribution in [2.45, 2.75) is 77.1 Å². The molecule has 0 aliphatic heterocycles. The molecule has 0 spiro atoms. The standard InChI is InChI=1S/C20H28O3/c1-15(21)22-20(14-16-8-3-2-4-9-16)23-19-13-7-11-17-10-5-6-12-18(17)19/h5-6,10,12,16,19-20H,2-4,7-9,11,13-14H2,1H3. The van der Waals surface area contributed by atoms with Gasteiger partial charge in [0.15, 0.2) is 0 Å². The molecule has 0 heterocycles. The number of rotatable bonds is 5. The zero-order valence-electron chi connectivity index (χ0n) is 14.1. The van der Waals surface area contributed by atoms with Crippen LogP contribution in [-0.2, 0) is 20.7 Å². The molecule has 2 unspecified atom stereocenters. The predicted molar refractivity (Wildman–Crippen MR) is 90.0 cm³/mol. The predicted octanol–water partition coefficient (Wildman–Crippen LogP) is 4.94.